The summed E-state index contributed by atoms with van der Waals surface area (Å²) in [7, 11) is 3.07. The summed E-state index contributed by atoms with van der Waals surface area (Å²) in [5.41, 5.74) is 1.35. The van der Waals surface area contributed by atoms with Crippen molar-refractivity contribution in [1.82, 2.24) is 9.66 Å². The number of halogens is 2. The molecule has 0 radical (unpaired) electrons. The molecule has 0 unspecified atom stereocenters. The monoisotopic (exact) mass is 493 g/mol. The third-order valence-corrected chi connectivity index (χ3v) is 5.82. The summed E-state index contributed by atoms with van der Waals surface area (Å²) in [6, 6.07) is 17.6. The highest BCUT2D eigenvalue weighted by molar-refractivity contribution is 6.37. The molecule has 0 atom stereocenters. The summed E-state index contributed by atoms with van der Waals surface area (Å²) in [5, 5.41) is 6.24. The first-order chi connectivity index (χ1) is 16.5. The van der Waals surface area contributed by atoms with Crippen molar-refractivity contribution in [3.8, 4) is 23.1 Å². The number of fused-ring (bicyclic) bond motifs is 2. The van der Waals surface area contributed by atoms with Crippen molar-refractivity contribution in [2.24, 2.45) is 5.10 Å². The minimum atomic E-state index is -0.352. The largest absolute Gasteiger partial charge is 0.496 e. The van der Waals surface area contributed by atoms with Crippen molar-refractivity contribution in [2.45, 2.75) is 0 Å². The van der Waals surface area contributed by atoms with Crippen molar-refractivity contribution < 1.29 is 13.9 Å². The second kappa shape index (κ2) is 8.85. The van der Waals surface area contributed by atoms with Gasteiger partial charge >= 0.3 is 0 Å². The van der Waals surface area contributed by atoms with Gasteiger partial charge in [-0.2, -0.15) is 9.78 Å². The molecular formula is C25H17Cl2N3O4. The molecule has 0 amide bonds. The Hall–Kier alpha value is -3.81. The highest BCUT2D eigenvalue weighted by Gasteiger charge is 2.18. The van der Waals surface area contributed by atoms with Crippen LogP contribution in [0.15, 0.2) is 75.0 Å². The van der Waals surface area contributed by atoms with E-state index in [4.69, 9.17) is 37.1 Å². The van der Waals surface area contributed by atoms with Crippen LogP contribution in [-0.2, 0) is 0 Å². The number of hydrogen-bond acceptors (Lipinski definition) is 6. The zero-order valence-corrected chi connectivity index (χ0v) is 19.6. The predicted molar refractivity (Wildman–Crippen MR) is 134 cm³/mol. The molecule has 0 spiro atoms. The number of nitrogens with zero attached hydrogens (tertiary/aromatic N) is 3. The van der Waals surface area contributed by atoms with Gasteiger partial charge < -0.3 is 13.9 Å². The average molecular weight is 494 g/mol. The third kappa shape index (κ3) is 3.79. The molecule has 2 aromatic heterocycles. The van der Waals surface area contributed by atoms with E-state index in [1.807, 2.05) is 24.3 Å². The maximum atomic E-state index is 13.4. The number of methoxy groups -OCH3 is 2. The number of aromatic nitrogens is 2. The smallest absolute Gasteiger partial charge is 0.282 e. The lowest BCUT2D eigenvalue weighted by molar-refractivity contribution is 0.415. The Morgan fingerprint density at radius 2 is 1.74 bits per heavy atom. The first kappa shape index (κ1) is 22.0. The molecule has 0 N–H and O–H groups in total. The van der Waals surface area contributed by atoms with Crippen molar-refractivity contribution in [1.29, 1.82) is 0 Å². The normalized spacial score (nSPS) is 11.5. The van der Waals surface area contributed by atoms with Crippen LogP contribution in [0, 0.1) is 0 Å². The average Bonchev–Trinajstić information content (AvgIpc) is 3.27. The lowest BCUT2D eigenvalue weighted by atomic mass is 10.2. The van der Waals surface area contributed by atoms with Crippen LogP contribution >= 0.6 is 23.2 Å². The Kier molecular flexibility index (Phi) is 5.73. The second-order valence-electron chi connectivity index (χ2n) is 7.31. The molecule has 0 aliphatic heterocycles. The number of rotatable bonds is 5. The van der Waals surface area contributed by atoms with Gasteiger partial charge in [0.15, 0.2) is 11.5 Å². The molecule has 0 saturated heterocycles. The van der Waals surface area contributed by atoms with Crippen molar-refractivity contribution >= 4 is 51.3 Å². The Morgan fingerprint density at radius 3 is 2.47 bits per heavy atom. The molecule has 9 heteroatoms. The van der Waals surface area contributed by atoms with Gasteiger partial charge in [0, 0.05) is 0 Å². The Balaban J connectivity index is 1.72. The highest BCUT2D eigenvalue weighted by atomic mass is 35.5. The van der Waals surface area contributed by atoms with Crippen LogP contribution in [0.3, 0.4) is 0 Å². The van der Waals surface area contributed by atoms with E-state index < -0.39 is 0 Å². The number of furan rings is 1. The van der Waals surface area contributed by atoms with Crippen molar-refractivity contribution in [3.63, 3.8) is 0 Å². The maximum Gasteiger partial charge on any atom is 0.282 e. The molecule has 3 aromatic carbocycles. The molecule has 34 heavy (non-hydrogen) atoms. The lowest BCUT2D eigenvalue weighted by Gasteiger charge is -2.08. The number of hydrogen-bond donors (Lipinski definition) is 0. The third-order valence-electron chi connectivity index (χ3n) is 5.26. The molecular weight excluding hydrogens is 477 g/mol. The van der Waals surface area contributed by atoms with Gasteiger partial charge in [-0.05, 0) is 48.0 Å². The van der Waals surface area contributed by atoms with Gasteiger partial charge in [-0.25, -0.2) is 4.98 Å². The highest BCUT2D eigenvalue weighted by Crippen LogP contribution is 2.34. The van der Waals surface area contributed by atoms with Gasteiger partial charge in [0.25, 0.3) is 5.56 Å². The van der Waals surface area contributed by atoms with Gasteiger partial charge in [-0.3, -0.25) is 4.79 Å². The number of ether oxygens (including phenoxy) is 2. The van der Waals surface area contributed by atoms with Crippen LogP contribution in [0.4, 0.5) is 0 Å². The number of benzene rings is 3. The summed E-state index contributed by atoms with van der Waals surface area (Å²) in [6.45, 7) is 0. The topological polar surface area (TPSA) is 78.8 Å². The molecule has 7 nitrogen and oxygen atoms in total. The Labute approximate surface area is 203 Å². The van der Waals surface area contributed by atoms with E-state index in [1.54, 1.807) is 43.5 Å². The minimum absolute atomic E-state index is 0.240. The Bertz CT molecular complexity index is 1620. The van der Waals surface area contributed by atoms with E-state index in [2.05, 4.69) is 10.1 Å². The summed E-state index contributed by atoms with van der Waals surface area (Å²) in [5.74, 6) is 1.62. The first-order valence-electron chi connectivity index (χ1n) is 10.2. The fourth-order valence-corrected chi connectivity index (χ4v) is 4.34. The zero-order valence-electron chi connectivity index (χ0n) is 18.1. The molecule has 0 aliphatic rings. The van der Waals surface area contributed by atoms with Crippen LogP contribution in [-0.4, -0.2) is 30.1 Å². The van der Waals surface area contributed by atoms with Crippen LogP contribution < -0.4 is 15.0 Å². The molecule has 5 rings (SSSR count). The van der Waals surface area contributed by atoms with Crippen molar-refractivity contribution in [3.05, 3.63) is 86.6 Å². The van der Waals surface area contributed by atoms with Gasteiger partial charge in [-0.1, -0.05) is 41.4 Å². The van der Waals surface area contributed by atoms with E-state index >= 15 is 0 Å². The first-order valence-corrected chi connectivity index (χ1v) is 10.9. The van der Waals surface area contributed by atoms with Crippen LogP contribution in [0.5, 0.6) is 11.5 Å². The molecule has 2 heterocycles. The fraction of sp³-hybridized carbons (Fsp3) is 0.0800. The predicted octanol–water partition coefficient (Wildman–Crippen LogP) is 6.02. The van der Waals surface area contributed by atoms with Crippen LogP contribution in [0.1, 0.15) is 5.56 Å². The standard InChI is InChI=1S/C25H17Cl2N3O4/c1-32-20-8-5-9-21-16(20)12-22(34-21)24-29-19-7-4-3-6-15(19)25(31)30(24)28-13-14-10-17(26)23(33-2)18(27)11-14/h3-13H,1-2H3. The molecule has 170 valence electrons. The van der Waals surface area contributed by atoms with Gasteiger partial charge in [0.05, 0.1) is 46.8 Å². The van der Waals surface area contributed by atoms with Crippen molar-refractivity contribution in [2.75, 3.05) is 14.2 Å². The maximum absolute atomic E-state index is 13.4. The van der Waals surface area contributed by atoms with E-state index in [-0.39, 0.29) is 11.4 Å². The summed E-state index contributed by atoms with van der Waals surface area (Å²) in [6.07, 6.45) is 1.47. The van der Waals surface area contributed by atoms with E-state index in [1.165, 1.54) is 18.0 Å². The van der Waals surface area contributed by atoms with Crippen LogP contribution in [0.2, 0.25) is 10.0 Å². The summed E-state index contributed by atoms with van der Waals surface area (Å²) in [4.78, 5) is 18.1. The zero-order chi connectivity index (χ0) is 23.8. The van der Waals surface area contributed by atoms with Gasteiger partial charge in [0.2, 0.25) is 5.82 Å². The van der Waals surface area contributed by atoms with Crippen LogP contribution in [0.25, 0.3) is 33.5 Å². The van der Waals surface area contributed by atoms with E-state index in [0.29, 0.717) is 49.4 Å². The fourth-order valence-electron chi connectivity index (χ4n) is 3.69. The molecule has 5 aromatic rings. The molecule has 0 bridgehead atoms. The minimum Gasteiger partial charge on any atom is -0.496 e. The molecule has 0 fully saturated rings. The van der Waals surface area contributed by atoms with Gasteiger partial charge in [-0.15, -0.1) is 0 Å². The summed E-state index contributed by atoms with van der Waals surface area (Å²) < 4.78 is 17.8. The van der Waals surface area contributed by atoms with E-state index in [9.17, 15) is 4.79 Å². The summed E-state index contributed by atoms with van der Waals surface area (Å²) >= 11 is 12.5. The quantitative estimate of drug-likeness (QED) is 0.280. The molecule has 0 aliphatic carbocycles. The number of para-hydroxylation sites is 1. The lowest BCUT2D eigenvalue weighted by Crippen LogP contribution is -2.20. The molecule has 0 saturated carbocycles. The Morgan fingerprint density at radius 1 is 0.971 bits per heavy atom. The SMILES string of the molecule is COc1c(Cl)cc(C=Nn2c(-c3cc4c(OC)cccc4o3)nc3ccccc3c2=O)cc1Cl. The van der Waals surface area contributed by atoms with E-state index in [0.717, 1.165) is 5.39 Å². The van der Waals surface area contributed by atoms with Gasteiger partial charge in [0.1, 0.15) is 11.3 Å². The second-order valence-corrected chi connectivity index (χ2v) is 8.13.